The molecule has 0 saturated carbocycles. The van der Waals surface area contributed by atoms with E-state index < -0.39 is 0 Å². The molecule has 1 aromatic rings. The fraction of sp³-hybridized carbons (Fsp3) is 0.636. The molecule has 6 heteroatoms. The van der Waals surface area contributed by atoms with E-state index in [-0.39, 0.29) is 17.9 Å². The van der Waals surface area contributed by atoms with E-state index in [1.54, 1.807) is 0 Å². The monoisotopic (exact) mass is 386 g/mol. The molecule has 2 fully saturated rings. The maximum absolute atomic E-state index is 12.7. The van der Waals surface area contributed by atoms with E-state index in [1.165, 1.54) is 37.1 Å². The van der Waals surface area contributed by atoms with Crippen LogP contribution in [0.1, 0.15) is 44.2 Å². The molecular formula is C22H34N4O2. The maximum Gasteiger partial charge on any atom is 0.317 e. The summed E-state index contributed by atoms with van der Waals surface area (Å²) in [5, 5.41) is 3.09. The Balaban J connectivity index is 1.52. The first-order chi connectivity index (χ1) is 13.5. The molecule has 6 nitrogen and oxygen atoms in total. The molecule has 0 aromatic heterocycles. The zero-order valence-corrected chi connectivity index (χ0v) is 17.3. The Hall–Kier alpha value is -2.08. The van der Waals surface area contributed by atoms with Gasteiger partial charge in [0, 0.05) is 45.2 Å². The van der Waals surface area contributed by atoms with Gasteiger partial charge < -0.3 is 15.1 Å². The second-order valence-corrected chi connectivity index (χ2v) is 8.23. The van der Waals surface area contributed by atoms with Crippen molar-refractivity contribution in [3.63, 3.8) is 0 Å². The highest BCUT2D eigenvalue weighted by Gasteiger charge is 2.23. The van der Waals surface area contributed by atoms with Gasteiger partial charge in [0.15, 0.2) is 0 Å². The number of hydrogen-bond acceptors (Lipinski definition) is 3. The summed E-state index contributed by atoms with van der Waals surface area (Å²) in [6.45, 7) is 10.4. The zero-order chi connectivity index (χ0) is 19.9. The number of likely N-dealkylation sites (tertiary alicyclic amines) is 1. The smallest absolute Gasteiger partial charge is 0.317 e. The van der Waals surface area contributed by atoms with Crippen LogP contribution in [0.2, 0.25) is 0 Å². The lowest BCUT2D eigenvalue weighted by Crippen LogP contribution is -2.43. The molecule has 0 spiro atoms. The summed E-state index contributed by atoms with van der Waals surface area (Å²) < 4.78 is 0. The van der Waals surface area contributed by atoms with Gasteiger partial charge in [0.25, 0.3) is 0 Å². The van der Waals surface area contributed by atoms with E-state index in [0.29, 0.717) is 26.2 Å². The minimum Gasteiger partial charge on any atom is -0.341 e. The first-order valence-corrected chi connectivity index (χ1v) is 10.7. The maximum atomic E-state index is 12.7. The van der Waals surface area contributed by atoms with Crippen molar-refractivity contribution in [2.75, 3.05) is 39.3 Å². The third-order valence-corrected chi connectivity index (χ3v) is 5.73. The fourth-order valence-electron chi connectivity index (χ4n) is 4.05. The van der Waals surface area contributed by atoms with E-state index >= 15 is 0 Å². The Morgan fingerprint density at radius 3 is 2.25 bits per heavy atom. The van der Waals surface area contributed by atoms with Gasteiger partial charge in [-0.1, -0.05) is 38.1 Å². The van der Waals surface area contributed by atoms with Gasteiger partial charge in [-0.05, 0) is 43.5 Å². The SMILES string of the molecule is CC(C)C(=O)N1CCCN(C(=O)NCc2ccccc2CN2CCCC2)CC1. The lowest BCUT2D eigenvalue weighted by atomic mass is 10.1. The molecule has 3 rings (SSSR count). The fourth-order valence-corrected chi connectivity index (χ4v) is 4.05. The molecule has 154 valence electrons. The number of hydrogen-bond donors (Lipinski definition) is 1. The van der Waals surface area contributed by atoms with Gasteiger partial charge in [0.05, 0.1) is 0 Å². The van der Waals surface area contributed by atoms with Gasteiger partial charge in [-0.2, -0.15) is 0 Å². The minimum absolute atomic E-state index is 0.00693. The van der Waals surface area contributed by atoms with Crippen molar-refractivity contribution in [3.8, 4) is 0 Å². The second-order valence-electron chi connectivity index (χ2n) is 8.23. The minimum atomic E-state index is -0.0326. The van der Waals surface area contributed by atoms with Crippen LogP contribution in [0.5, 0.6) is 0 Å². The van der Waals surface area contributed by atoms with Crippen LogP contribution in [0.15, 0.2) is 24.3 Å². The number of rotatable bonds is 5. The molecule has 1 N–H and O–H groups in total. The Morgan fingerprint density at radius 2 is 1.54 bits per heavy atom. The van der Waals surface area contributed by atoms with Crippen molar-refractivity contribution >= 4 is 11.9 Å². The molecular weight excluding hydrogens is 352 g/mol. The summed E-state index contributed by atoms with van der Waals surface area (Å²) in [5.41, 5.74) is 2.49. The molecule has 0 bridgehead atoms. The van der Waals surface area contributed by atoms with Crippen molar-refractivity contribution in [2.45, 2.75) is 46.2 Å². The molecule has 1 aromatic carbocycles. The Labute approximate surface area is 168 Å². The molecule has 0 unspecified atom stereocenters. The normalized spacial score (nSPS) is 18.4. The summed E-state index contributed by atoms with van der Waals surface area (Å²) >= 11 is 0. The number of benzene rings is 1. The molecule has 2 heterocycles. The first kappa shape index (κ1) is 20.6. The third-order valence-electron chi connectivity index (χ3n) is 5.73. The van der Waals surface area contributed by atoms with E-state index in [1.807, 2.05) is 29.7 Å². The topological polar surface area (TPSA) is 55.9 Å². The van der Waals surface area contributed by atoms with Crippen LogP contribution in [0.4, 0.5) is 4.79 Å². The van der Waals surface area contributed by atoms with E-state index in [9.17, 15) is 9.59 Å². The highest BCUT2D eigenvalue weighted by atomic mass is 16.2. The van der Waals surface area contributed by atoms with Crippen LogP contribution in [-0.2, 0) is 17.9 Å². The number of nitrogens with one attached hydrogen (secondary N) is 1. The molecule has 0 aliphatic carbocycles. The largest absolute Gasteiger partial charge is 0.341 e. The highest BCUT2D eigenvalue weighted by molar-refractivity contribution is 5.78. The predicted octanol–water partition coefficient (Wildman–Crippen LogP) is 2.68. The highest BCUT2D eigenvalue weighted by Crippen LogP contribution is 2.16. The molecule has 2 aliphatic heterocycles. The van der Waals surface area contributed by atoms with Gasteiger partial charge in [-0.15, -0.1) is 0 Å². The average Bonchev–Trinajstić information content (AvgIpc) is 3.08. The van der Waals surface area contributed by atoms with Gasteiger partial charge in [0.2, 0.25) is 5.91 Å². The number of amides is 3. The summed E-state index contributed by atoms with van der Waals surface area (Å²) in [7, 11) is 0. The Bertz CT molecular complexity index is 670. The van der Waals surface area contributed by atoms with Crippen LogP contribution < -0.4 is 5.32 Å². The molecule has 0 atom stereocenters. The van der Waals surface area contributed by atoms with Crippen molar-refractivity contribution in [2.24, 2.45) is 5.92 Å². The molecule has 2 aliphatic rings. The standard InChI is InChI=1S/C22H34N4O2/c1-18(2)21(27)25-12-7-13-26(15-14-25)22(28)23-16-19-8-3-4-9-20(19)17-24-10-5-6-11-24/h3-4,8-9,18H,5-7,10-17H2,1-2H3,(H,23,28). The Kier molecular flexibility index (Phi) is 7.31. The summed E-state index contributed by atoms with van der Waals surface area (Å²) in [6, 6.07) is 8.36. The number of carbonyl (C=O) groups excluding carboxylic acids is 2. The van der Waals surface area contributed by atoms with Crippen LogP contribution in [0, 0.1) is 5.92 Å². The number of carbonyl (C=O) groups is 2. The zero-order valence-electron chi connectivity index (χ0n) is 17.3. The summed E-state index contributed by atoms with van der Waals surface area (Å²) in [6.07, 6.45) is 3.39. The van der Waals surface area contributed by atoms with E-state index in [0.717, 1.165) is 19.5 Å². The van der Waals surface area contributed by atoms with Gasteiger partial charge in [0.1, 0.15) is 0 Å². The summed E-state index contributed by atoms with van der Waals surface area (Å²) in [4.78, 5) is 31.1. The lowest BCUT2D eigenvalue weighted by molar-refractivity contribution is -0.134. The molecule has 3 amide bonds. The lowest BCUT2D eigenvalue weighted by Gasteiger charge is -2.24. The third kappa shape index (κ3) is 5.47. The molecule has 2 saturated heterocycles. The van der Waals surface area contributed by atoms with Crippen molar-refractivity contribution in [1.29, 1.82) is 0 Å². The average molecular weight is 387 g/mol. The first-order valence-electron chi connectivity index (χ1n) is 10.7. The second kappa shape index (κ2) is 9.92. The number of urea groups is 1. The van der Waals surface area contributed by atoms with Crippen LogP contribution in [0.3, 0.4) is 0 Å². The Morgan fingerprint density at radius 1 is 0.893 bits per heavy atom. The quantitative estimate of drug-likeness (QED) is 0.847. The van der Waals surface area contributed by atoms with Crippen LogP contribution in [-0.4, -0.2) is 65.9 Å². The van der Waals surface area contributed by atoms with Crippen LogP contribution >= 0.6 is 0 Å². The van der Waals surface area contributed by atoms with Crippen LogP contribution in [0.25, 0.3) is 0 Å². The van der Waals surface area contributed by atoms with Gasteiger partial charge in [-0.25, -0.2) is 4.79 Å². The molecule has 0 radical (unpaired) electrons. The van der Waals surface area contributed by atoms with Gasteiger partial charge >= 0.3 is 6.03 Å². The number of nitrogens with zero attached hydrogens (tertiary/aromatic N) is 3. The van der Waals surface area contributed by atoms with Crippen molar-refractivity contribution in [3.05, 3.63) is 35.4 Å². The summed E-state index contributed by atoms with van der Waals surface area (Å²) in [5.74, 6) is 0.186. The van der Waals surface area contributed by atoms with Gasteiger partial charge in [-0.3, -0.25) is 9.69 Å². The van der Waals surface area contributed by atoms with E-state index in [4.69, 9.17) is 0 Å². The predicted molar refractivity (Wildman–Crippen MR) is 111 cm³/mol. The van der Waals surface area contributed by atoms with Crippen molar-refractivity contribution in [1.82, 2.24) is 20.0 Å². The van der Waals surface area contributed by atoms with E-state index in [2.05, 4.69) is 28.4 Å². The van der Waals surface area contributed by atoms with Crippen molar-refractivity contribution < 1.29 is 9.59 Å². The molecule has 28 heavy (non-hydrogen) atoms.